The third kappa shape index (κ3) is 4.69. The number of nitrogens with zero attached hydrogens (tertiary/aromatic N) is 1. The van der Waals surface area contributed by atoms with Crippen LogP contribution in [0, 0.1) is 22.2 Å². The first-order valence-corrected chi connectivity index (χ1v) is 11.2. The molecular weight excluding hydrogens is 426 g/mol. The van der Waals surface area contributed by atoms with Crippen LogP contribution in [-0.2, 0) is 10.2 Å². The van der Waals surface area contributed by atoms with Crippen molar-refractivity contribution in [3.63, 3.8) is 0 Å². The molecule has 0 radical (unpaired) electrons. The van der Waals surface area contributed by atoms with Crippen LogP contribution in [0.15, 0.2) is 60.7 Å². The Morgan fingerprint density at radius 3 is 2.24 bits per heavy atom. The summed E-state index contributed by atoms with van der Waals surface area (Å²) in [4.78, 5) is 0. The summed E-state index contributed by atoms with van der Waals surface area (Å²) in [5.41, 5.74) is 9.37. The maximum Gasteiger partial charge on any atom is 0.279 e. The van der Waals surface area contributed by atoms with E-state index < -0.39 is 5.41 Å². The summed E-state index contributed by atoms with van der Waals surface area (Å²) >= 11 is 0. The molecule has 1 heterocycles. The minimum Gasteiger partial charge on any atom is -0.493 e. The zero-order valence-electron chi connectivity index (χ0n) is 19.9. The lowest BCUT2D eigenvalue weighted by atomic mass is 9.74. The number of hydrogen-bond acceptors (Lipinski definition) is 5. The molecule has 3 aromatic carbocycles. The topological polar surface area (TPSA) is 101 Å². The largest absolute Gasteiger partial charge is 0.493 e. The van der Waals surface area contributed by atoms with Crippen LogP contribution in [0.3, 0.4) is 0 Å². The minimum absolute atomic E-state index is 0.0239. The molecule has 1 atom stereocenters. The van der Waals surface area contributed by atoms with E-state index in [1.165, 1.54) is 0 Å². The minimum atomic E-state index is -0.641. The Labute approximate surface area is 200 Å². The lowest BCUT2D eigenvalue weighted by molar-refractivity contribution is 0.196. The van der Waals surface area contributed by atoms with Gasteiger partial charge in [-0.3, -0.25) is 5.41 Å². The average molecular weight is 456 g/mol. The SMILES string of the molecule is CC(C)(C)COc1ccc2c(c1)[C@@](C)(COC(=N)N)c1cc(-c3ccc(C#N)cc3)ccc1O2. The van der Waals surface area contributed by atoms with Crippen molar-refractivity contribution in [2.75, 3.05) is 13.2 Å². The van der Waals surface area contributed by atoms with Crippen LogP contribution in [0.1, 0.15) is 44.4 Å². The zero-order valence-corrected chi connectivity index (χ0v) is 19.9. The number of nitrogens with two attached hydrogens (primary N) is 1. The van der Waals surface area contributed by atoms with Crippen molar-refractivity contribution in [3.05, 3.63) is 77.4 Å². The molecule has 0 unspecified atom stereocenters. The molecule has 174 valence electrons. The summed E-state index contributed by atoms with van der Waals surface area (Å²) in [6.07, 6.45) is 0. The Morgan fingerprint density at radius 2 is 1.62 bits per heavy atom. The third-order valence-electron chi connectivity index (χ3n) is 5.87. The van der Waals surface area contributed by atoms with Crippen molar-refractivity contribution in [2.45, 2.75) is 33.1 Å². The normalized spacial score (nSPS) is 16.4. The second-order valence-corrected chi connectivity index (χ2v) is 9.99. The Kier molecular flexibility index (Phi) is 5.97. The van der Waals surface area contributed by atoms with Crippen LogP contribution in [0.4, 0.5) is 0 Å². The number of benzene rings is 3. The van der Waals surface area contributed by atoms with E-state index in [1.807, 2.05) is 42.5 Å². The second-order valence-electron chi connectivity index (χ2n) is 9.99. The van der Waals surface area contributed by atoms with Crippen molar-refractivity contribution in [1.29, 1.82) is 10.7 Å². The third-order valence-corrected chi connectivity index (χ3v) is 5.87. The summed E-state index contributed by atoms with van der Waals surface area (Å²) in [6, 6.07) is 21.1. The van der Waals surface area contributed by atoms with Gasteiger partial charge in [-0.2, -0.15) is 5.26 Å². The molecule has 0 spiro atoms. The molecule has 1 aliphatic rings. The summed E-state index contributed by atoms with van der Waals surface area (Å²) in [5.74, 6) is 2.19. The van der Waals surface area contributed by atoms with Crippen molar-refractivity contribution < 1.29 is 14.2 Å². The van der Waals surface area contributed by atoms with E-state index in [-0.39, 0.29) is 18.0 Å². The molecular formula is C28H29N3O3. The first kappa shape index (κ1) is 23.2. The summed E-state index contributed by atoms with van der Waals surface area (Å²) in [5, 5.41) is 16.7. The van der Waals surface area contributed by atoms with E-state index in [1.54, 1.807) is 12.1 Å². The van der Waals surface area contributed by atoms with Crippen LogP contribution >= 0.6 is 0 Å². The van der Waals surface area contributed by atoms with Crippen molar-refractivity contribution in [3.8, 4) is 34.4 Å². The van der Waals surface area contributed by atoms with Gasteiger partial charge in [-0.1, -0.05) is 39.0 Å². The molecule has 3 aromatic rings. The predicted molar refractivity (Wildman–Crippen MR) is 132 cm³/mol. The Morgan fingerprint density at radius 1 is 1.00 bits per heavy atom. The number of nitrogens with one attached hydrogen (secondary N) is 1. The smallest absolute Gasteiger partial charge is 0.279 e. The fourth-order valence-electron chi connectivity index (χ4n) is 4.03. The highest BCUT2D eigenvalue weighted by Gasteiger charge is 2.40. The standard InChI is InChI=1S/C28H29N3O3/c1-27(2,3)16-32-21-10-12-25-23(14-21)28(4,17-33-26(30)31)22-13-20(9-11-24(22)34-25)19-7-5-18(15-29)6-8-19/h5-14H,16-17H2,1-4H3,(H3,30,31)/t28-/m0/s1. The average Bonchev–Trinajstić information content (AvgIpc) is 2.81. The molecule has 6 nitrogen and oxygen atoms in total. The number of amidine groups is 1. The van der Waals surface area contributed by atoms with Gasteiger partial charge < -0.3 is 19.9 Å². The number of fused-ring (bicyclic) bond motifs is 2. The van der Waals surface area contributed by atoms with Gasteiger partial charge >= 0.3 is 0 Å². The molecule has 34 heavy (non-hydrogen) atoms. The van der Waals surface area contributed by atoms with Gasteiger partial charge in [-0.05, 0) is 65.9 Å². The van der Waals surface area contributed by atoms with E-state index >= 15 is 0 Å². The highest BCUT2D eigenvalue weighted by Crippen LogP contribution is 2.50. The molecule has 0 fully saturated rings. The Balaban J connectivity index is 1.79. The van der Waals surface area contributed by atoms with Crippen LogP contribution in [0.2, 0.25) is 0 Å². The van der Waals surface area contributed by atoms with E-state index in [0.29, 0.717) is 12.2 Å². The van der Waals surface area contributed by atoms with Crippen LogP contribution in [0.5, 0.6) is 17.2 Å². The molecule has 0 saturated heterocycles. The first-order valence-electron chi connectivity index (χ1n) is 11.2. The molecule has 0 saturated carbocycles. The molecule has 0 bridgehead atoms. The quantitative estimate of drug-likeness (QED) is 0.364. The van der Waals surface area contributed by atoms with Gasteiger partial charge in [0.1, 0.15) is 23.9 Å². The molecule has 0 aromatic heterocycles. The maximum atomic E-state index is 9.11. The van der Waals surface area contributed by atoms with Crippen molar-refractivity contribution in [2.24, 2.45) is 11.1 Å². The Bertz CT molecular complexity index is 1270. The highest BCUT2D eigenvalue weighted by molar-refractivity contribution is 5.71. The van der Waals surface area contributed by atoms with Crippen LogP contribution in [-0.4, -0.2) is 19.2 Å². The number of rotatable bonds is 5. The van der Waals surface area contributed by atoms with E-state index in [0.717, 1.165) is 39.5 Å². The lowest BCUT2D eigenvalue weighted by Crippen LogP contribution is -2.35. The van der Waals surface area contributed by atoms with Gasteiger partial charge in [0.25, 0.3) is 6.02 Å². The monoisotopic (exact) mass is 455 g/mol. The predicted octanol–water partition coefficient (Wildman–Crippen LogP) is 5.97. The van der Waals surface area contributed by atoms with Crippen LogP contribution in [0.25, 0.3) is 11.1 Å². The molecule has 3 N–H and O–H groups in total. The summed E-state index contributed by atoms with van der Waals surface area (Å²) in [6.45, 7) is 9.19. The van der Waals surface area contributed by atoms with Crippen molar-refractivity contribution >= 4 is 6.02 Å². The molecule has 0 aliphatic carbocycles. The lowest BCUT2D eigenvalue weighted by Gasteiger charge is -2.37. The highest BCUT2D eigenvalue weighted by atomic mass is 16.5. The van der Waals surface area contributed by atoms with E-state index in [9.17, 15) is 0 Å². The van der Waals surface area contributed by atoms with E-state index in [2.05, 4.69) is 39.8 Å². The van der Waals surface area contributed by atoms with Crippen molar-refractivity contribution in [1.82, 2.24) is 0 Å². The Hall–Kier alpha value is -3.98. The van der Waals surface area contributed by atoms with Gasteiger partial charge in [-0.25, -0.2) is 0 Å². The summed E-state index contributed by atoms with van der Waals surface area (Å²) in [7, 11) is 0. The number of hydrogen-bond donors (Lipinski definition) is 2. The number of ether oxygens (including phenoxy) is 3. The fourth-order valence-corrected chi connectivity index (χ4v) is 4.03. The molecule has 1 aliphatic heterocycles. The first-order chi connectivity index (χ1) is 16.1. The maximum absolute atomic E-state index is 9.11. The van der Waals surface area contributed by atoms with Gasteiger partial charge in [0, 0.05) is 11.1 Å². The van der Waals surface area contributed by atoms with Gasteiger partial charge in [0.15, 0.2) is 0 Å². The fraction of sp³-hybridized carbons (Fsp3) is 0.286. The molecule has 6 heteroatoms. The summed E-state index contributed by atoms with van der Waals surface area (Å²) < 4.78 is 17.9. The van der Waals surface area contributed by atoms with Gasteiger partial charge in [0.05, 0.1) is 23.7 Å². The molecule has 0 amide bonds. The molecule has 4 rings (SSSR count). The number of nitriles is 1. The van der Waals surface area contributed by atoms with Gasteiger partial charge in [-0.15, -0.1) is 0 Å². The van der Waals surface area contributed by atoms with Gasteiger partial charge in [0.2, 0.25) is 0 Å². The second kappa shape index (κ2) is 8.75. The zero-order chi connectivity index (χ0) is 24.5. The van der Waals surface area contributed by atoms with E-state index in [4.69, 9.17) is 30.6 Å². The van der Waals surface area contributed by atoms with Crippen LogP contribution < -0.4 is 15.2 Å².